The quantitative estimate of drug-likeness (QED) is 0.844. The van der Waals surface area contributed by atoms with Gasteiger partial charge in [0.1, 0.15) is 0 Å². The summed E-state index contributed by atoms with van der Waals surface area (Å²) < 4.78 is 5.38. The van der Waals surface area contributed by atoms with Crippen molar-refractivity contribution < 1.29 is 9.53 Å². The molecule has 0 aliphatic carbocycles. The van der Waals surface area contributed by atoms with Crippen LogP contribution in [0.2, 0.25) is 0 Å². The van der Waals surface area contributed by atoms with Gasteiger partial charge < -0.3 is 15.4 Å². The van der Waals surface area contributed by atoms with Gasteiger partial charge in [-0.3, -0.25) is 9.78 Å². The van der Waals surface area contributed by atoms with Crippen LogP contribution in [0.25, 0.3) is 0 Å². The Hall–Kier alpha value is -1.46. The molecule has 1 amide bonds. The normalized spacial score (nSPS) is 18.9. The molecule has 22 heavy (non-hydrogen) atoms. The summed E-state index contributed by atoms with van der Waals surface area (Å²) in [4.78, 5) is 16.6. The zero-order valence-electron chi connectivity index (χ0n) is 13.7. The average molecular weight is 305 g/mol. The highest BCUT2D eigenvalue weighted by atomic mass is 16.5. The third kappa shape index (κ3) is 4.78. The van der Waals surface area contributed by atoms with Crippen molar-refractivity contribution in [3.63, 3.8) is 0 Å². The highest BCUT2D eigenvalue weighted by molar-refractivity contribution is 5.82. The molecule has 1 aliphatic heterocycles. The highest BCUT2D eigenvalue weighted by Crippen LogP contribution is 2.14. The van der Waals surface area contributed by atoms with Crippen LogP contribution in [0.3, 0.4) is 0 Å². The number of aromatic nitrogens is 1. The van der Waals surface area contributed by atoms with E-state index in [9.17, 15) is 4.79 Å². The molecule has 0 bridgehead atoms. The van der Waals surface area contributed by atoms with Gasteiger partial charge in [0.05, 0.1) is 12.1 Å². The molecule has 1 fully saturated rings. The van der Waals surface area contributed by atoms with E-state index in [0.29, 0.717) is 6.04 Å². The number of carbonyl (C=O) groups is 1. The summed E-state index contributed by atoms with van der Waals surface area (Å²) in [6.45, 7) is 7.70. The maximum Gasteiger partial charge on any atom is 0.237 e. The van der Waals surface area contributed by atoms with Gasteiger partial charge in [-0.1, -0.05) is 13.8 Å². The summed E-state index contributed by atoms with van der Waals surface area (Å²) in [5, 5.41) is 6.61. The molecule has 0 unspecified atom stereocenters. The van der Waals surface area contributed by atoms with E-state index in [-0.39, 0.29) is 23.9 Å². The summed E-state index contributed by atoms with van der Waals surface area (Å²) in [6.07, 6.45) is 5.43. The van der Waals surface area contributed by atoms with Crippen molar-refractivity contribution in [2.45, 2.75) is 51.7 Å². The van der Waals surface area contributed by atoms with Crippen molar-refractivity contribution in [3.05, 3.63) is 30.1 Å². The van der Waals surface area contributed by atoms with Crippen molar-refractivity contribution >= 4 is 5.91 Å². The number of nitrogens with one attached hydrogen (secondary N) is 2. The minimum atomic E-state index is -0.174. The molecule has 1 saturated heterocycles. The zero-order chi connectivity index (χ0) is 15.9. The Labute approximate surface area is 132 Å². The van der Waals surface area contributed by atoms with Crippen molar-refractivity contribution in [1.82, 2.24) is 15.6 Å². The Morgan fingerprint density at radius 3 is 2.45 bits per heavy atom. The number of rotatable bonds is 6. The van der Waals surface area contributed by atoms with Gasteiger partial charge in [0, 0.05) is 31.6 Å². The lowest BCUT2D eigenvalue weighted by molar-refractivity contribution is -0.125. The molecule has 1 aromatic rings. The van der Waals surface area contributed by atoms with E-state index in [0.717, 1.165) is 31.6 Å². The van der Waals surface area contributed by atoms with E-state index in [1.165, 1.54) is 0 Å². The molecule has 0 spiro atoms. The minimum Gasteiger partial charge on any atom is -0.381 e. The summed E-state index contributed by atoms with van der Waals surface area (Å²) in [5.74, 6) is 0.304. The summed E-state index contributed by atoms with van der Waals surface area (Å²) >= 11 is 0. The zero-order valence-corrected chi connectivity index (χ0v) is 13.7. The number of hydrogen-bond acceptors (Lipinski definition) is 4. The van der Waals surface area contributed by atoms with Gasteiger partial charge in [0.2, 0.25) is 5.91 Å². The first-order chi connectivity index (χ1) is 10.6. The van der Waals surface area contributed by atoms with Crippen LogP contribution in [0.1, 0.15) is 45.2 Å². The second-order valence-corrected chi connectivity index (χ2v) is 6.29. The van der Waals surface area contributed by atoms with Gasteiger partial charge in [-0.15, -0.1) is 0 Å². The summed E-state index contributed by atoms with van der Waals surface area (Å²) in [7, 11) is 0. The van der Waals surface area contributed by atoms with Crippen molar-refractivity contribution in [1.29, 1.82) is 0 Å². The molecule has 1 aromatic heterocycles. The molecule has 2 N–H and O–H groups in total. The molecule has 2 rings (SSSR count). The Kier molecular flexibility index (Phi) is 6.34. The Bertz CT molecular complexity index is 458. The van der Waals surface area contributed by atoms with Gasteiger partial charge in [-0.25, -0.2) is 0 Å². The van der Waals surface area contributed by atoms with Crippen LogP contribution >= 0.6 is 0 Å². The molecule has 0 radical (unpaired) electrons. The lowest BCUT2D eigenvalue weighted by Gasteiger charge is -2.30. The highest BCUT2D eigenvalue weighted by Gasteiger charge is 2.27. The van der Waals surface area contributed by atoms with Crippen LogP contribution in [0.4, 0.5) is 0 Å². The number of nitrogens with zero attached hydrogens (tertiary/aromatic N) is 1. The number of pyridine rings is 1. The first kappa shape index (κ1) is 16.9. The fraction of sp³-hybridized carbons (Fsp3) is 0.647. The van der Waals surface area contributed by atoms with Gasteiger partial charge in [-0.05, 0) is 43.4 Å². The third-order valence-electron chi connectivity index (χ3n) is 4.15. The lowest BCUT2D eigenvalue weighted by atomic mass is 9.99. The maximum atomic E-state index is 12.6. The van der Waals surface area contributed by atoms with Gasteiger partial charge >= 0.3 is 0 Å². The van der Waals surface area contributed by atoms with Gasteiger partial charge in [-0.2, -0.15) is 0 Å². The molecule has 5 nitrogen and oxygen atoms in total. The van der Waals surface area contributed by atoms with Crippen LogP contribution in [-0.2, 0) is 9.53 Å². The van der Waals surface area contributed by atoms with Crippen molar-refractivity contribution in [2.24, 2.45) is 5.92 Å². The monoisotopic (exact) mass is 305 g/mol. The second-order valence-electron chi connectivity index (χ2n) is 6.29. The standard InChI is InChI=1S/C17H27N3O2/c1-12(2)16(20-15-6-10-22-11-7-15)17(21)19-13(3)14-4-8-18-9-5-14/h4-5,8-9,12-13,15-16,20H,6-7,10-11H2,1-3H3,(H,19,21)/t13-,16-/m1/s1. The average Bonchev–Trinajstić information content (AvgIpc) is 2.54. The van der Waals surface area contributed by atoms with Crippen LogP contribution in [0.5, 0.6) is 0 Å². The molecule has 5 heteroatoms. The van der Waals surface area contributed by atoms with Crippen molar-refractivity contribution in [2.75, 3.05) is 13.2 Å². The SMILES string of the molecule is CC(C)[C@@H](NC1CCOCC1)C(=O)N[C@H](C)c1ccncc1. The molecule has 0 saturated carbocycles. The van der Waals surface area contributed by atoms with Crippen LogP contribution in [0, 0.1) is 5.92 Å². The second kappa shape index (κ2) is 8.25. The lowest BCUT2D eigenvalue weighted by Crippen LogP contribution is -2.52. The summed E-state index contributed by atoms with van der Waals surface area (Å²) in [6, 6.07) is 4.03. The van der Waals surface area contributed by atoms with E-state index in [2.05, 4.69) is 29.5 Å². The predicted molar refractivity (Wildman–Crippen MR) is 86.4 cm³/mol. The first-order valence-electron chi connectivity index (χ1n) is 8.12. The topological polar surface area (TPSA) is 63.2 Å². The fourth-order valence-corrected chi connectivity index (χ4v) is 2.73. The van der Waals surface area contributed by atoms with E-state index in [4.69, 9.17) is 4.74 Å². The molecule has 0 aromatic carbocycles. The van der Waals surface area contributed by atoms with Crippen LogP contribution in [-0.4, -0.2) is 36.2 Å². The van der Waals surface area contributed by atoms with Crippen LogP contribution in [0.15, 0.2) is 24.5 Å². The van der Waals surface area contributed by atoms with E-state index in [1.54, 1.807) is 12.4 Å². The van der Waals surface area contributed by atoms with E-state index in [1.807, 2.05) is 19.1 Å². The Morgan fingerprint density at radius 1 is 1.23 bits per heavy atom. The summed E-state index contributed by atoms with van der Waals surface area (Å²) in [5.41, 5.74) is 1.07. The minimum absolute atomic E-state index is 0.0201. The third-order valence-corrected chi connectivity index (χ3v) is 4.15. The smallest absolute Gasteiger partial charge is 0.237 e. The predicted octanol–water partition coefficient (Wildman–Crippen LogP) is 2.05. The fourth-order valence-electron chi connectivity index (χ4n) is 2.73. The first-order valence-corrected chi connectivity index (χ1v) is 8.12. The Morgan fingerprint density at radius 2 is 1.86 bits per heavy atom. The van der Waals surface area contributed by atoms with E-state index < -0.39 is 0 Å². The number of carbonyl (C=O) groups excluding carboxylic acids is 1. The molecular weight excluding hydrogens is 278 g/mol. The maximum absolute atomic E-state index is 12.6. The number of ether oxygens (including phenoxy) is 1. The number of hydrogen-bond donors (Lipinski definition) is 2. The van der Waals surface area contributed by atoms with Gasteiger partial charge in [0.25, 0.3) is 0 Å². The number of amides is 1. The largest absolute Gasteiger partial charge is 0.381 e. The van der Waals surface area contributed by atoms with E-state index >= 15 is 0 Å². The van der Waals surface area contributed by atoms with Crippen LogP contribution < -0.4 is 10.6 Å². The molecule has 1 aliphatic rings. The molecule has 2 atom stereocenters. The molecule has 2 heterocycles. The van der Waals surface area contributed by atoms with Crippen molar-refractivity contribution in [3.8, 4) is 0 Å². The molecule has 122 valence electrons. The molecular formula is C17H27N3O2. The Balaban J connectivity index is 1.94. The van der Waals surface area contributed by atoms with Gasteiger partial charge in [0.15, 0.2) is 0 Å².